The van der Waals surface area contributed by atoms with Crippen LogP contribution in [0.1, 0.15) is 40.7 Å². The first-order valence-electron chi connectivity index (χ1n) is 13.4. The molecule has 0 radical (unpaired) electrons. The molecule has 5 aromatic carbocycles. The van der Waals surface area contributed by atoms with Crippen LogP contribution in [-0.2, 0) is 23.1 Å². The Kier molecular flexibility index (Phi) is 5.47. The normalized spacial score (nSPS) is 13.8. The maximum atomic E-state index is 13.1. The van der Waals surface area contributed by atoms with Gasteiger partial charge in [-0.1, -0.05) is 109 Å². The van der Waals surface area contributed by atoms with Crippen LogP contribution in [0.5, 0.6) is 5.75 Å². The van der Waals surface area contributed by atoms with Crippen molar-refractivity contribution in [1.29, 1.82) is 0 Å². The summed E-state index contributed by atoms with van der Waals surface area (Å²) in [6.45, 7) is 0. The lowest BCUT2D eigenvalue weighted by Gasteiger charge is -2.33. The zero-order chi connectivity index (χ0) is 25.5. The third-order valence-electron chi connectivity index (χ3n) is 8.35. The van der Waals surface area contributed by atoms with Gasteiger partial charge in [0.2, 0.25) is 0 Å². The summed E-state index contributed by atoms with van der Waals surface area (Å²) >= 11 is 0. The third-order valence-corrected chi connectivity index (χ3v) is 8.35. The average molecular weight is 493 g/mol. The van der Waals surface area contributed by atoms with Gasteiger partial charge in [0, 0.05) is 11.8 Å². The molecule has 5 aromatic rings. The van der Waals surface area contributed by atoms with Gasteiger partial charge in [0.15, 0.2) is 0 Å². The van der Waals surface area contributed by atoms with Gasteiger partial charge in [-0.25, -0.2) is 0 Å². The Morgan fingerprint density at radius 1 is 0.632 bits per heavy atom. The Bertz CT molecular complexity index is 1620. The van der Waals surface area contributed by atoms with Crippen molar-refractivity contribution in [3.63, 3.8) is 0 Å². The van der Waals surface area contributed by atoms with Crippen molar-refractivity contribution in [1.82, 2.24) is 0 Å². The van der Waals surface area contributed by atoms with Crippen molar-refractivity contribution in [2.75, 3.05) is 0 Å². The predicted octanol–water partition coefficient (Wildman–Crippen LogP) is 8.15. The molecule has 0 amide bonds. The van der Waals surface area contributed by atoms with Crippen LogP contribution >= 0.6 is 0 Å². The molecule has 2 aliphatic carbocycles. The summed E-state index contributed by atoms with van der Waals surface area (Å²) in [5.41, 5.74) is 11.7. The first-order valence-corrected chi connectivity index (χ1v) is 13.4. The van der Waals surface area contributed by atoms with E-state index in [9.17, 15) is 4.79 Å². The van der Waals surface area contributed by atoms with Crippen LogP contribution in [0.25, 0.3) is 22.3 Å². The number of rotatable bonds is 6. The van der Waals surface area contributed by atoms with Crippen molar-refractivity contribution in [3.05, 3.63) is 149 Å². The summed E-state index contributed by atoms with van der Waals surface area (Å²) in [7, 11) is 0. The van der Waals surface area contributed by atoms with E-state index in [-0.39, 0.29) is 11.4 Å². The maximum absolute atomic E-state index is 13.1. The molecular weight excluding hydrogens is 464 g/mol. The molecule has 0 spiro atoms. The minimum absolute atomic E-state index is 0.192. The van der Waals surface area contributed by atoms with E-state index in [1.807, 2.05) is 30.3 Å². The standard InChI is InChI=1S/C36H28O2/c37-35(38-27-13-2-1-3-14-27)21-22-36(33-19-8-6-16-30(33)31-17-7-9-20-34(31)36)24-26-12-10-18-29-28-15-5-4-11-25(28)23-32(26)29/h1-20H,21-24H2. The van der Waals surface area contributed by atoms with Crippen molar-refractivity contribution >= 4 is 5.97 Å². The van der Waals surface area contributed by atoms with E-state index in [0.29, 0.717) is 18.6 Å². The lowest BCUT2D eigenvalue weighted by molar-refractivity contribution is -0.134. The van der Waals surface area contributed by atoms with Crippen LogP contribution in [0.2, 0.25) is 0 Å². The highest BCUT2D eigenvalue weighted by Gasteiger charge is 2.43. The fourth-order valence-corrected chi connectivity index (χ4v) is 6.66. The highest BCUT2D eigenvalue weighted by molar-refractivity contribution is 5.83. The predicted molar refractivity (Wildman–Crippen MR) is 152 cm³/mol. The van der Waals surface area contributed by atoms with Gasteiger partial charge in [0.25, 0.3) is 0 Å². The summed E-state index contributed by atoms with van der Waals surface area (Å²) in [5.74, 6) is 0.403. The van der Waals surface area contributed by atoms with Gasteiger partial charge in [0.1, 0.15) is 5.75 Å². The highest BCUT2D eigenvalue weighted by Crippen LogP contribution is 2.53. The quantitative estimate of drug-likeness (QED) is 0.173. The minimum Gasteiger partial charge on any atom is -0.427 e. The summed E-state index contributed by atoms with van der Waals surface area (Å²) < 4.78 is 5.72. The van der Waals surface area contributed by atoms with Crippen LogP contribution in [0.3, 0.4) is 0 Å². The van der Waals surface area contributed by atoms with E-state index in [2.05, 4.69) is 91.0 Å². The molecule has 0 aromatic heterocycles. The summed E-state index contributed by atoms with van der Waals surface area (Å²) in [6.07, 6.45) is 2.82. The highest BCUT2D eigenvalue weighted by atomic mass is 16.5. The van der Waals surface area contributed by atoms with Gasteiger partial charge in [-0.15, -0.1) is 0 Å². The van der Waals surface area contributed by atoms with Crippen LogP contribution in [-0.4, -0.2) is 5.97 Å². The molecule has 2 heteroatoms. The lowest BCUT2D eigenvalue weighted by atomic mass is 9.69. The SMILES string of the molecule is O=C(CCC1(Cc2cccc3c2Cc2ccccc2-3)c2ccccc2-c2ccccc21)Oc1ccccc1. The molecule has 0 atom stereocenters. The second kappa shape index (κ2) is 9.15. The number of hydrogen-bond acceptors (Lipinski definition) is 2. The molecular formula is C36H28O2. The average Bonchev–Trinajstić information content (AvgIpc) is 3.48. The molecule has 0 aliphatic heterocycles. The monoisotopic (exact) mass is 492 g/mol. The summed E-state index contributed by atoms with van der Waals surface area (Å²) in [5, 5.41) is 0. The molecule has 0 N–H and O–H groups in total. The van der Waals surface area contributed by atoms with Crippen LogP contribution < -0.4 is 4.74 Å². The molecule has 0 fully saturated rings. The van der Waals surface area contributed by atoms with Gasteiger partial charge in [-0.05, 0) is 81.5 Å². The largest absolute Gasteiger partial charge is 0.427 e. The van der Waals surface area contributed by atoms with Crippen LogP contribution in [0, 0.1) is 0 Å². The number of carbonyl (C=O) groups is 1. The van der Waals surface area contributed by atoms with E-state index < -0.39 is 0 Å². The number of benzene rings is 5. The van der Waals surface area contributed by atoms with Gasteiger partial charge < -0.3 is 4.74 Å². The molecule has 184 valence electrons. The molecule has 38 heavy (non-hydrogen) atoms. The molecule has 0 bridgehead atoms. The van der Waals surface area contributed by atoms with E-state index >= 15 is 0 Å². The number of carbonyl (C=O) groups excluding carboxylic acids is 1. The number of esters is 1. The maximum Gasteiger partial charge on any atom is 0.311 e. The Hall–Kier alpha value is -4.43. The van der Waals surface area contributed by atoms with E-state index in [0.717, 1.165) is 12.8 Å². The Morgan fingerprint density at radius 3 is 1.97 bits per heavy atom. The van der Waals surface area contributed by atoms with Gasteiger partial charge in [0.05, 0.1) is 0 Å². The first-order chi connectivity index (χ1) is 18.7. The smallest absolute Gasteiger partial charge is 0.311 e. The third kappa shape index (κ3) is 3.68. The Labute approximate surface area is 223 Å². The minimum atomic E-state index is -0.313. The molecule has 2 aliphatic rings. The molecule has 0 heterocycles. The fourth-order valence-electron chi connectivity index (χ4n) is 6.66. The topological polar surface area (TPSA) is 26.3 Å². The molecule has 0 saturated heterocycles. The first kappa shape index (κ1) is 22.7. The van der Waals surface area contributed by atoms with E-state index in [4.69, 9.17) is 4.74 Å². The second-order valence-electron chi connectivity index (χ2n) is 10.4. The number of hydrogen-bond donors (Lipinski definition) is 0. The summed E-state index contributed by atoms with van der Waals surface area (Å²) in [4.78, 5) is 13.1. The van der Waals surface area contributed by atoms with Crippen molar-refractivity contribution < 1.29 is 9.53 Å². The zero-order valence-electron chi connectivity index (χ0n) is 21.2. The Morgan fingerprint density at radius 2 is 1.24 bits per heavy atom. The number of ether oxygens (including phenoxy) is 1. The van der Waals surface area contributed by atoms with Crippen molar-refractivity contribution in [2.24, 2.45) is 0 Å². The van der Waals surface area contributed by atoms with Crippen molar-refractivity contribution in [3.8, 4) is 28.0 Å². The molecule has 7 rings (SSSR count). The van der Waals surface area contributed by atoms with Crippen LogP contribution in [0.4, 0.5) is 0 Å². The molecule has 0 unspecified atom stereocenters. The number of para-hydroxylation sites is 1. The van der Waals surface area contributed by atoms with Crippen LogP contribution in [0.15, 0.2) is 121 Å². The summed E-state index contributed by atoms with van der Waals surface area (Å²) in [6, 6.07) is 42.3. The van der Waals surface area contributed by atoms with Gasteiger partial charge in [-0.3, -0.25) is 4.79 Å². The van der Waals surface area contributed by atoms with Gasteiger partial charge >= 0.3 is 5.97 Å². The van der Waals surface area contributed by atoms with Crippen molar-refractivity contribution in [2.45, 2.75) is 31.1 Å². The van der Waals surface area contributed by atoms with E-state index in [1.54, 1.807) is 0 Å². The zero-order valence-corrected chi connectivity index (χ0v) is 21.2. The van der Waals surface area contributed by atoms with Gasteiger partial charge in [-0.2, -0.15) is 0 Å². The second-order valence-corrected chi connectivity index (χ2v) is 10.4. The lowest BCUT2D eigenvalue weighted by Crippen LogP contribution is -2.30. The Balaban J connectivity index is 1.31. The molecule has 0 saturated carbocycles. The van der Waals surface area contributed by atoms with E-state index in [1.165, 1.54) is 50.1 Å². The fraction of sp³-hybridized carbons (Fsp3) is 0.139. The molecule has 2 nitrogen and oxygen atoms in total. The number of fused-ring (bicyclic) bond motifs is 6.